The number of hydrogen-bond donors (Lipinski definition) is 2. The molecule has 0 aliphatic carbocycles. The van der Waals surface area contributed by atoms with E-state index in [0.717, 1.165) is 27.5 Å². The Hall–Kier alpha value is -2.70. The van der Waals surface area contributed by atoms with Crippen molar-refractivity contribution in [3.63, 3.8) is 0 Å². The fourth-order valence-electron chi connectivity index (χ4n) is 2.33. The molecule has 128 valence electrons. The maximum Gasteiger partial charge on any atom is 0.203 e. The summed E-state index contributed by atoms with van der Waals surface area (Å²) in [4.78, 5) is 4.52. The molecule has 5 nitrogen and oxygen atoms in total. The highest BCUT2D eigenvalue weighted by molar-refractivity contribution is 7.14. The van der Waals surface area contributed by atoms with Crippen molar-refractivity contribution in [1.82, 2.24) is 4.98 Å². The molecule has 25 heavy (non-hydrogen) atoms. The summed E-state index contributed by atoms with van der Waals surface area (Å²) >= 11 is 1.50. The molecule has 0 amide bonds. The molecule has 0 aliphatic rings. The molecule has 1 aromatic heterocycles. The average molecular weight is 353 g/mol. The lowest BCUT2D eigenvalue weighted by atomic mass is 10.1. The van der Waals surface area contributed by atoms with E-state index in [4.69, 9.17) is 4.74 Å². The lowest BCUT2D eigenvalue weighted by Crippen LogP contribution is -1.98. The molecular formula is C19H19N3O2S. The third kappa shape index (κ3) is 4.43. The van der Waals surface area contributed by atoms with Crippen LogP contribution in [-0.4, -0.2) is 22.9 Å². The minimum absolute atomic E-state index is 0.0721. The maximum absolute atomic E-state index is 9.44. The molecule has 0 unspecified atom stereocenters. The summed E-state index contributed by atoms with van der Waals surface area (Å²) in [5.41, 5.74) is 6.56. The topological polar surface area (TPSA) is 66.7 Å². The van der Waals surface area contributed by atoms with E-state index in [9.17, 15) is 5.11 Å². The van der Waals surface area contributed by atoms with Crippen molar-refractivity contribution >= 4 is 22.7 Å². The van der Waals surface area contributed by atoms with Crippen LogP contribution in [0.5, 0.6) is 5.75 Å². The van der Waals surface area contributed by atoms with Gasteiger partial charge in [-0.1, -0.05) is 30.3 Å². The summed E-state index contributed by atoms with van der Waals surface area (Å²) in [6.07, 6.45) is 1.69. The Labute approximate surface area is 150 Å². The number of aromatic nitrogens is 1. The van der Waals surface area contributed by atoms with Gasteiger partial charge < -0.3 is 9.84 Å². The van der Waals surface area contributed by atoms with Gasteiger partial charge in [0, 0.05) is 16.5 Å². The van der Waals surface area contributed by atoms with E-state index in [2.05, 4.69) is 15.5 Å². The third-order valence-corrected chi connectivity index (χ3v) is 4.25. The number of anilines is 1. The zero-order chi connectivity index (χ0) is 17.5. The second-order valence-electron chi connectivity index (χ2n) is 5.23. The molecule has 3 rings (SSSR count). The molecule has 0 atom stereocenters. The molecule has 1 heterocycles. The summed E-state index contributed by atoms with van der Waals surface area (Å²) in [6, 6.07) is 15.6. The number of hydrogen-bond acceptors (Lipinski definition) is 6. The summed E-state index contributed by atoms with van der Waals surface area (Å²) in [5, 5.41) is 16.4. The zero-order valence-electron chi connectivity index (χ0n) is 13.8. The van der Waals surface area contributed by atoms with Gasteiger partial charge in [-0.05, 0) is 30.7 Å². The molecule has 0 aliphatic heterocycles. The van der Waals surface area contributed by atoms with Gasteiger partial charge in [-0.3, -0.25) is 5.43 Å². The SMILES string of the molecule is CCOc1ccc(C=NNc2nc(-c3ccccc3)cs2)cc1CO. The van der Waals surface area contributed by atoms with Crippen LogP contribution in [-0.2, 0) is 6.61 Å². The molecule has 0 saturated heterocycles. The predicted octanol–water partition coefficient (Wildman–Crippen LogP) is 4.15. The first-order chi connectivity index (χ1) is 12.3. The Kier molecular flexibility index (Phi) is 5.77. The fraction of sp³-hybridized carbons (Fsp3) is 0.158. The number of nitrogens with one attached hydrogen (secondary N) is 1. The second-order valence-corrected chi connectivity index (χ2v) is 6.09. The first kappa shape index (κ1) is 17.1. The van der Waals surface area contributed by atoms with Crippen molar-refractivity contribution in [3.05, 3.63) is 65.0 Å². The third-order valence-electron chi connectivity index (χ3n) is 3.50. The van der Waals surface area contributed by atoms with Crippen molar-refractivity contribution in [3.8, 4) is 17.0 Å². The summed E-state index contributed by atoms with van der Waals surface area (Å²) < 4.78 is 5.47. The van der Waals surface area contributed by atoms with Gasteiger partial charge in [0.15, 0.2) is 0 Å². The molecule has 2 N–H and O–H groups in total. The predicted molar refractivity (Wildman–Crippen MR) is 102 cm³/mol. The quantitative estimate of drug-likeness (QED) is 0.495. The fourth-order valence-corrected chi connectivity index (χ4v) is 3.00. The summed E-state index contributed by atoms with van der Waals surface area (Å²) in [7, 11) is 0. The van der Waals surface area contributed by atoms with Crippen molar-refractivity contribution in [1.29, 1.82) is 0 Å². The van der Waals surface area contributed by atoms with Crippen molar-refractivity contribution in [2.75, 3.05) is 12.0 Å². The number of hydrazone groups is 1. The van der Waals surface area contributed by atoms with Crippen LogP contribution in [0, 0.1) is 0 Å². The van der Waals surface area contributed by atoms with E-state index in [1.54, 1.807) is 6.21 Å². The lowest BCUT2D eigenvalue weighted by Gasteiger charge is -2.08. The first-order valence-electron chi connectivity index (χ1n) is 7.96. The highest BCUT2D eigenvalue weighted by Crippen LogP contribution is 2.24. The summed E-state index contributed by atoms with van der Waals surface area (Å²) in [5.74, 6) is 0.697. The van der Waals surface area contributed by atoms with Gasteiger partial charge in [-0.2, -0.15) is 5.10 Å². The van der Waals surface area contributed by atoms with Crippen LogP contribution >= 0.6 is 11.3 Å². The standard InChI is InChI=1S/C19H19N3O2S/c1-2-24-18-9-8-14(10-16(18)12-23)11-20-22-19-21-17(13-25-19)15-6-4-3-5-7-15/h3-11,13,23H,2,12H2,1H3,(H,21,22). The minimum Gasteiger partial charge on any atom is -0.494 e. The number of nitrogens with zero attached hydrogens (tertiary/aromatic N) is 2. The number of aliphatic hydroxyl groups is 1. The molecule has 0 saturated carbocycles. The van der Waals surface area contributed by atoms with Crippen LogP contribution in [0.15, 0.2) is 59.0 Å². The number of thiazole rings is 1. The number of rotatable bonds is 7. The average Bonchev–Trinajstić information content (AvgIpc) is 3.13. The van der Waals surface area contributed by atoms with E-state index in [1.165, 1.54) is 11.3 Å². The smallest absolute Gasteiger partial charge is 0.203 e. The van der Waals surface area contributed by atoms with Crippen molar-refractivity contribution in [2.24, 2.45) is 5.10 Å². The van der Waals surface area contributed by atoms with Gasteiger partial charge in [0.05, 0.1) is 25.1 Å². The van der Waals surface area contributed by atoms with Crippen LogP contribution in [0.3, 0.4) is 0 Å². The number of aliphatic hydroxyl groups excluding tert-OH is 1. The molecule has 2 aromatic carbocycles. The highest BCUT2D eigenvalue weighted by Gasteiger charge is 2.04. The van der Waals surface area contributed by atoms with E-state index in [-0.39, 0.29) is 6.61 Å². The van der Waals surface area contributed by atoms with E-state index < -0.39 is 0 Å². The Morgan fingerprint density at radius 2 is 2.08 bits per heavy atom. The molecule has 0 fully saturated rings. The molecular weight excluding hydrogens is 334 g/mol. The highest BCUT2D eigenvalue weighted by atomic mass is 32.1. The maximum atomic E-state index is 9.44. The molecule has 3 aromatic rings. The van der Waals surface area contributed by atoms with Gasteiger partial charge in [0.25, 0.3) is 0 Å². The Balaban J connectivity index is 1.66. The van der Waals surface area contributed by atoms with Gasteiger partial charge in [0.1, 0.15) is 5.75 Å². The Morgan fingerprint density at radius 1 is 1.24 bits per heavy atom. The normalized spacial score (nSPS) is 11.0. The molecule has 6 heteroatoms. The monoisotopic (exact) mass is 353 g/mol. The van der Waals surface area contributed by atoms with Crippen LogP contribution < -0.4 is 10.2 Å². The van der Waals surface area contributed by atoms with E-state index in [1.807, 2.05) is 60.8 Å². The Bertz CT molecular complexity index is 847. The molecule has 0 spiro atoms. The van der Waals surface area contributed by atoms with Crippen LogP contribution in [0.2, 0.25) is 0 Å². The van der Waals surface area contributed by atoms with Gasteiger partial charge in [0.2, 0.25) is 5.13 Å². The lowest BCUT2D eigenvalue weighted by molar-refractivity contribution is 0.267. The zero-order valence-corrected chi connectivity index (χ0v) is 14.7. The summed E-state index contributed by atoms with van der Waals surface area (Å²) in [6.45, 7) is 2.41. The van der Waals surface area contributed by atoms with Gasteiger partial charge in [-0.15, -0.1) is 11.3 Å². The Morgan fingerprint density at radius 3 is 2.84 bits per heavy atom. The first-order valence-corrected chi connectivity index (χ1v) is 8.84. The van der Waals surface area contributed by atoms with Crippen molar-refractivity contribution < 1.29 is 9.84 Å². The minimum atomic E-state index is -0.0721. The molecule has 0 bridgehead atoms. The van der Waals surface area contributed by atoms with Crippen LogP contribution in [0.25, 0.3) is 11.3 Å². The number of ether oxygens (including phenoxy) is 1. The van der Waals surface area contributed by atoms with Crippen LogP contribution in [0.4, 0.5) is 5.13 Å². The van der Waals surface area contributed by atoms with E-state index >= 15 is 0 Å². The van der Waals surface area contributed by atoms with Crippen LogP contribution in [0.1, 0.15) is 18.1 Å². The van der Waals surface area contributed by atoms with Gasteiger partial charge >= 0.3 is 0 Å². The largest absolute Gasteiger partial charge is 0.494 e. The van der Waals surface area contributed by atoms with E-state index in [0.29, 0.717) is 12.4 Å². The van der Waals surface area contributed by atoms with Gasteiger partial charge in [-0.25, -0.2) is 4.98 Å². The van der Waals surface area contributed by atoms with Crippen molar-refractivity contribution in [2.45, 2.75) is 13.5 Å². The second kappa shape index (κ2) is 8.41. The molecule has 0 radical (unpaired) electrons. The number of benzene rings is 2.